The van der Waals surface area contributed by atoms with Crippen LogP contribution in [0.3, 0.4) is 0 Å². The van der Waals surface area contributed by atoms with Crippen LogP contribution in [0.25, 0.3) is 0 Å². The molecule has 1 aliphatic rings. The number of aromatic nitrogens is 2. The lowest BCUT2D eigenvalue weighted by Crippen LogP contribution is -2.49. The number of aliphatic carboxylic acids is 1. The number of aryl methyl sites for hydroxylation is 1. The van der Waals surface area contributed by atoms with Gasteiger partial charge in [0.05, 0.1) is 16.7 Å². The van der Waals surface area contributed by atoms with Gasteiger partial charge in [0.1, 0.15) is 0 Å². The van der Waals surface area contributed by atoms with E-state index in [9.17, 15) is 14.7 Å². The number of amides is 1. The molecule has 2 rings (SSSR count). The highest BCUT2D eigenvalue weighted by Gasteiger charge is 2.42. The number of hydrogen-bond donors (Lipinski definition) is 1. The third-order valence-electron chi connectivity index (χ3n) is 4.59. The van der Waals surface area contributed by atoms with E-state index >= 15 is 0 Å². The van der Waals surface area contributed by atoms with Gasteiger partial charge in [-0.15, -0.1) is 0 Å². The van der Waals surface area contributed by atoms with E-state index in [1.54, 1.807) is 16.7 Å². The van der Waals surface area contributed by atoms with Gasteiger partial charge in [0.2, 0.25) is 5.95 Å². The smallest absolute Gasteiger partial charge is 0.311 e. The summed E-state index contributed by atoms with van der Waals surface area (Å²) in [4.78, 5) is 36.3. The molecule has 0 unspecified atom stereocenters. The molecular weight excluding hydrogens is 296 g/mol. The van der Waals surface area contributed by atoms with Crippen LogP contribution in [0.2, 0.25) is 0 Å². The van der Waals surface area contributed by atoms with Gasteiger partial charge in [0, 0.05) is 33.4 Å². The van der Waals surface area contributed by atoms with Crippen molar-refractivity contribution in [3.8, 4) is 0 Å². The summed E-state index contributed by atoms with van der Waals surface area (Å²) in [6, 6.07) is 0. The first-order valence-electron chi connectivity index (χ1n) is 7.84. The van der Waals surface area contributed by atoms with Crippen molar-refractivity contribution < 1.29 is 14.7 Å². The van der Waals surface area contributed by atoms with E-state index in [0.29, 0.717) is 43.0 Å². The molecule has 1 amide bonds. The van der Waals surface area contributed by atoms with Crippen molar-refractivity contribution in [3.63, 3.8) is 0 Å². The number of piperidine rings is 1. The lowest BCUT2D eigenvalue weighted by atomic mass is 9.77. The first-order valence-corrected chi connectivity index (χ1v) is 7.84. The standard InChI is InChI=1S/C16H24N4O3/c1-5-16(14(22)23)7-6-8-20(10-16)13(21)12-9-17-15(19(3)4)18-11(12)2/h9H,5-8,10H2,1-4H3,(H,22,23)/t16-/m0/s1. The van der Waals surface area contributed by atoms with Crippen LogP contribution in [-0.2, 0) is 4.79 Å². The van der Waals surface area contributed by atoms with Gasteiger partial charge in [0.25, 0.3) is 5.91 Å². The first-order chi connectivity index (χ1) is 10.8. The van der Waals surface area contributed by atoms with E-state index in [4.69, 9.17) is 0 Å². The zero-order chi connectivity index (χ0) is 17.2. The SMILES string of the molecule is CC[C@]1(C(=O)O)CCCN(C(=O)c2cnc(N(C)C)nc2C)C1. The summed E-state index contributed by atoms with van der Waals surface area (Å²) in [5.41, 5.74) is 0.205. The topological polar surface area (TPSA) is 86.6 Å². The fraction of sp³-hybridized carbons (Fsp3) is 0.625. The Bertz CT molecular complexity index is 617. The monoisotopic (exact) mass is 320 g/mol. The highest BCUT2D eigenvalue weighted by Crippen LogP contribution is 2.34. The van der Waals surface area contributed by atoms with Crippen LogP contribution in [0.1, 0.15) is 42.2 Å². The van der Waals surface area contributed by atoms with Crippen molar-refractivity contribution in [1.29, 1.82) is 0 Å². The van der Waals surface area contributed by atoms with Crippen molar-refractivity contribution in [2.75, 3.05) is 32.1 Å². The number of carboxylic acid groups (broad SMARTS) is 1. The third kappa shape index (κ3) is 3.28. The van der Waals surface area contributed by atoms with Crippen LogP contribution < -0.4 is 4.90 Å². The summed E-state index contributed by atoms with van der Waals surface area (Å²) in [5, 5.41) is 9.54. The number of anilines is 1. The maximum Gasteiger partial charge on any atom is 0.311 e. The molecule has 1 aromatic heterocycles. The molecule has 23 heavy (non-hydrogen) atoms. The Labute approximate surface area is 136 Å². The maximum absolute atomic E-state index is 12.8. The Morgan fingerprint density at radius 1 is 1.43 bits per heavy atom. The van der Waals surface area contributed by atoms with Crippen LogP contribution in [0.4, 0.5) is 5.95 Å². The van der Waals surface area contributed by atoms with E-state index in [1.807, 2.05) is 21.0 Å². The minimum Gasteiger partial charge on any atom is -0.481 e. The molecule has 1 fully saturated rings. The van der Waals surface area contributed by atoms with Gasteiger partial charge < -0.3 is 14.9 Å². The van der Waals surface area contributed by atoms with Crippen molar-refractivity contribution in [1.82, 2.24) is 14.9 Å². The molecule has 0 bridgehead atoms. The summed E-state index contributed by atoms with van der Waals surface area (Å²) in [6.45, 7) is 4.45. The molecule has 1 aliphatic heterocycles. The van der Waals surface area contributed by atoms with Crippen LogP contribution in [-0.4, -0.2) is 59.0 Å². The van der Waals surface area contributed by atoms with Crippen LogP contribution in [0, 0.1) is 12.3 Å². The Balaban J connectivity index is 2.25. The summed E-state index contributed by atoms with van der Waals surface area (Å²) >= 11 is 0. The molecule has 0 radical (unpaired) electrons. The lowest BCUT2D eigenvalue weighted by Gasteiger charge is -2.39. The number of carbonyl (C=O) groups excluding carboxylic acids is 1. The molecule has 7 heteroatoms. The van der Waals surface area contributed by atoms with E-state index in [-0.39, 0.29) is 12.5 Å². The Morgan fingerprint density at radius 3 is 2.65 bits per heavy atom. The van der Waals surface area contributed by atoms with Gasteiger partial charge >= 0.3 is 5.97 Å². The second kappa shape index (κ2) is 6.52. The van der Waals surface area contributed by atoms with Gasteiger partial charge in [-0.1, -0.05) is 6.92 Å². The zero-order valence-electron chi connectivity index (χ0n) is 14.2. The van der Waals surface area contributed by atoms with Crippen LogP contribution >= 0.6 is 0 Å². The number of nitrogens with zero attached hydrogens (tertiary/aromatic N) is 4. The highest BCUT2D eigenvalue weighted by molar-refractivity contribution is 5.95. The van der Waals surface area contributed by atoms with Gasteiger partial charge in [-0.05, 0) is 26.2 Å². The Morgan fingerprint density at radius 2 is 2.13 bits per heavy atom. The van der Waals surface area contributed by atoms with Gasteiger partial charge in [-0.2, -0.15) is 0 Å². The minimum atomic E-state index is -0.841. The van der Waals surface area contributed by atoms with Gasteiger partial charge in [-0.25, -0.2) is 9.97 Å². The zero-order valence-corrected chi connectivity index (χ0v) is 14.2. The first kappa shape index (κ1) is 17.2. The second-order valence-electron chi connectivity index (χ2n) is 6.33. The van der Waals surface area contributed by atoms with Crippen molar-refractivity contribution in [2.45, 2.75) is 33.1 Å². The largest absolute Gasteiger partial charge is 0.481 e. The van der Waals surface area contributed by atoms with E-state index < -0.39 is 11.4 Å². The number of carboxylic acids is 1. The molecule has 7 nitrogen and oxygen atoms in total. The van der Waals surface area contributed by atoms with Crippen molar-refractivity contribution in [3.05, 3.63) is 17.5 Å². The molecule has 1 aromatic rings. The molecule has 0 saturated carbocycles. The van der Waals surface area contributed by atoms with Crippen LogP contribution in [0.5, 0.6) is 0 Å². The normalized spacial score (nSPS) is 21.1. The predicted octanol–water partition coefficient (Wildman–Crippen LogP) is 1.57. The fourth-order valence-corrected chi connectivity index (χ4v) is 2.97. The van der Waals surface area contributed by atoms with Crippen LogP contribution in [0.15, 0.2) is 6.20 Å². The van der Waals surface area contributed by atoms with E-state index in [0.717, 1.165) is 0 Å². The average Bonchev–Trinajstić information content (AvgIpc) is 2.53. The maximum atomic E-state index is 12.8. The molecule has 2 heterocycles. The quantitative estimate of drug-likeness (QED) is 0.906. The molecule has 0 spiro atoms. The second-order valence-corrected chi connectivity index (χ2v) is 6.33. The number of likely N-dealkylation sites (tertiary alicyclic amines) is 1. The lowest BCUT2D eigenvalue weighted by molar-refractivity contribution is -0.152. The third-order valence-corrected chi connectivity index (χ3v) is 4.59. The highest BCUT2D eigenvalue weighted by atomic mass is 16.4. The number of carbonyl (C=O) groups is 2. The van der Waals surface area contributed by atoms with Gasteiger partial charge in [0.15, 0.2) is 0 Å². The predicted molar refractivity (Wildman–Crippen MR) is 86.6 cm³/mol. The van der Waals surface area contributed by atoms with Crippen molar-refractivity contribution >= 4 is 17.8 Å². The molecule has 0 aromatic carbocycles. The van der Waals surface area contributed by atoms with E-state index in [1.165, 1.54) is 6.20 Å². The summed E-state index contributed by atoms with van der Waals surface area (Å²) in [7, 11) is 3.67. The van der Waals surface area contributed by atoms with E-state index in [2.05, 4.69) is 9.97 Å². The molecule has 126 valence electrons. The summed E-state index contributed by atoms with van der Waals surface area (Å²) < 4.78 is 0. The molecule has 1 saturated heterocycles. The Hall–Kier alpha value is -2.18. The molecule has 1 N–H and O–H groups in total. The Kier molecular flexibility index (Phi) is 4.87. The summed E-state index contributed by atoms with van der Waals surface area (Å²) in [6.07, 6.45) is 3.35. The molecule has 0 aliphatic carbocycles. The van der Waals surface area contributed by atoms with Crippen molar-refractivity contribution in [2.24, 2.45) is 5.41 Å². The number of hydrogen-bond acceptors (Lipinski definition) is 5. The fourth-order valence-electron chi connectivity index (χ4n) is 2.97. The number of rotatable bonds is 4. The molecule has 1 atom stereocenters. The summed E-state index contributed by atoms with van der Waals surface area (Å²) in [5.74, 6) is -0.467. The average molecular weight is 320 g/mol. The van der Waals surface area contributed by atoms with Gasteiger partial charge in [-0.3, -0.25) is 9.59 Å². The minimum absolute atomic E-state index is 0.188. The molecular formula is C16H24N4O3.